The van der Waals surface area contributed by atoms with Crippen LogP contribution in [0, 0.1) is 33.2 Å². The monoisotopic (exact) mass is 938 g/mol. The van der Waals surface area contributed by atoms with Gasteiger partial charge in [0, 0.05) is 20.0 Å². The van der Waals surface area contributed by atoms with Gasteiger partial charge in [0.05, 0.1) is 44.4 Å². The summed E-state index contributed by atoms with van der Waals surface area (Å²) in [4.78, 5) is 64.5. The van der Waals surface area contributed by atoms with Crippen LogP contribution in [-0.2, 0) is 31.5 Å². The number of hydrazine groups is 2. The number of amides is 4. The molecule has 0 spiro atoms. The minimum absolute atomic E-state index is 0.0240. The molecule has 4 aliphatic rings. The molecule has 21 heteroatoms. The maximum Gasteiger partial charge on any atom is 0.433 e. The van der Waals surface area contributed by atoms with Gasteiger partial charge in [0.1, 0.15) is 11.4 Å². The van der Waals surface area contributed by atoms with Crippen LogP contribution in [0.2, 0.25) is 10.0 Å². The van der Waals surface area contributed by atoms with Gasteiger partial charge in [-0.2, -0.15) is 36.4 Å². The van der Waals surface area contributed by atoms with Crippen LogP contribution in [0.3, 0.4) is 0 Å². The number of halogens is 9. The van der Waals surface area contributed by atoms with Gasteiger partial charge in [0.15, 0.2) is 23.1 Å². The highest BCUT2D eigenvalue weighted by molar-refractivity contribution is 14.1. The van der Waals surface area contributed by atoms with E-state index in [0.717, 1.165) is 29.2 Å². The van der Waals surface area contributed by atoms with Crippen molar-refractivity contribution in [3.8, 4) is 11.5 Å². The smallest absolute Gasteiger partial charge is 0.433 e. The summed E-state index contributed by atoms with van der Waals surface area (Å²) >= 11 is 14.3. The van der Waals surface area contributed by atoms with Crippen molar-refractivity contribution in [2.45, 2.75) is 31.1 Å². The zero-order valence-electron chi connectivity index (χ0n) is 29.0. The number of carbonyl (C=O) groups excluding carboxylic acids is 4. The number of hydrogen-bond donors (Lipinski definition) is 1. The number of benzene rings is 1. The van der Waals surface area contributed by atoms with E-state index in [4.69, 9.17) is 27.9 Å². The number of ether oxygens (including phenoxy) is 1. The fraction of sp³-hybridized carbons (Fsp3) is 0.371. The SMILES string of the molecule is COc1cc([C@H]2C3=CC[C@@H]4C(=O)N(N(C)c5nc(C(F)(F)F)ccc5Cl)C(=O)[C@@H]4[C@@H]3C[C@H]3C(=O)N(N(C)c4nc(C(F)(F)F)ccc4Cl)C(=O)[C@@H]23)cc(I)c1O. The molecule has 2 aliphatic carbocycles. The molecule has 4 heterocycles. The first-order valence-corrected chi connectivity index (χ1v) is 18.5. The fourth-order valence-electron chi connectivity index (χ4n) is 8.27. The number of methoxy groups -OCH3 is 1. The average molecular weight is 939 g/mol. The molecule has 7 rings (SSSR count). The van der Waals surface area contributed by atoms with E-state index in [1.807, 2.05) is 22.6 Å². The standard InChI is InChI=1S/C35H27Cl2F6IN6O6/c1-47(28-18(36)6-8-22(45-28)34(38,39)40)49-30(52)15-5-4-14-16(25(15)32(49)54)12-17-26(24(14)13-10-20(44)27(51)21(11-13)56-3)33(55)50(31(17)53)48(2)29-19(37)7-9-23(46-29)35(41,42)43/h4,6-11,15-17,24-26,51H,5,12H2,1-3H3/t15-,16+,17+,24-,25-,26+/m0/s1. The van der Waals surface area contributed by atoms with E-state index < -0.39 is 94.5 Å². The van der Waals surface area contributed by atoms with Crippen molar-refractivity contribution in [2.75, 3.05) is 31.2 Å². The Bertz CT molecular complexity index is 2240. The van der Waals surface area contributed by atoms with Crippen LogP contribution in [0.1, 0.15) is 35.7 Å². The quantitative estimate of drug-likeness (QED) is 0.121. The molecule has 56 heavy (non-hydrogen) atoms. The van der Waals surface area contributed by atoms with Crippen LogP contribution in [0.4, 0.5) is 38.0 Å². The Hall–Kier alpha value is -4.37. The predicted octanol–water partition coefficient (Wildman–Crippen LogP) is 6.88. The van der Waals surface area contributed by atoms with Crippen LogP contribution >= 0.6 is 45.8 Å². The number of carbonyl (C=O) groups is 4. The number of anilines is 2. The Kier molecular flexibility index (Phi) is 9.91. The zero-order valence-corrected chi connectivity index (χ0v) is 32.7. The Balaban J connectivity index is 1.32. The summed E-state index contributed by atoms with van der Waals surface area (Å²) in [5, 5.41) is 13.1. The Morgan fingerprint density at radius 2 is 1.29 bits per heavy atom. The molecular formula is C35H27Cl2F6IN6O6. The van der Waals surface area contributed by atoms with Crippen molar-refractivity contribution >= 4 is 81.1 Å². The number of alkyl halides is 6. The molecule has 2 aliphatic heterocycles. The lowest BCUT2D eigenvalue weighted by Gasteiger charge is -2.44. The van der Waals surface area contributed by atoms with Gasteiger partial charge < -0.3 is 9.84 Å². The Morgan fingerprint density at radius 1 is 0.786 bits per heavy atom. The van der Waals surface area contributed by atoms with Crippen molar-refractivity contribution in [3.63, 3.8) is 0 Å². The second kappa shape index (κ2) is 13.9. The lowest BCUT2D eigenvalue weighted by atomic mass is 9.57. The van der Waals surface area contributed by atoms with Crippen molar-refractivity contribution in [1.82, 2.24) is 20.0 Å². The molecule has 3 aromatic rings. The summed E-state index contributed by atoms with van der Waals surface area (Å²) in [6, 6.07) is 6.20. The number of aromatic hydroxyl groups is 1. The average Bonchev–Trinajstić information content (AvgIpc) is 3.54. The van der Waals surface area contributed by atoms with Crippen LogP contribution in [0.5, 0.6) is 11.5 Å². The van der Waals surface area contributed by atoms with E-state index >= 15 is 0 Å². The lowest BCUT2D eigenvalue weighted by molar-refractivity contribution is -0.143. The first-order valence-electron chi connectivity index (χ1n) is 16.6. The van der Waals surface area contributed by atoms with Crippen LogP contribution in [0.15, 0.2) is 48.0 Å². The largest absolute Gasteiger partial charge is 0.504 e. The summed E-state index contributed by atoms with van der Waals surface area (Å²) in [6.45, 7) is 0. The zero-order chi connectivity index (χ0) is 40.9. The maximum absolute atomic E-state index is 14.5. The predicted molar refractivity (Wildman–Crippen MR) is 194 cm³/mol. The first kappa shape index (κ1) is 39.8. The summed E-state index contributed by atoms with van der Waals surface area (Å²) in [7, 11) is 3.63. The van der Waals surface area contributed by atoms with Crippen LogP contribution in [0.25, 0.3) is 0 Å². The van der Waals surface area contributed by atoms with E-state index in [2.05, 4.69) is 9.97 Å². The molecule has 4 amide bonds. The van der Waals surface area contributed by atoms with E-state index in [1.165, 1.54) is 20.2 Å². The van der Waals surface area contributed by atoms with E-state index in [9.17, 15) is 50.6 Å². The van der Waals surface area contributed by atoms with Crippen molar-refractivity contribution < 1.29 is 55.4 Å². The molecule has 1 N–H and O–H groups in total. The number of nitrogens with zero attached hydrogens (tertiary/aromatic N) is 6. The highest BCUT2D eigenvalue weighted by Crippen LogP contribution is 2.59. The van der Waals surface area contributed by atoms with Gasteiger partial charge in [-0.15, -0.1) is 0 Å². The number of aromatic nitrogens is 2. The van der Waals surface area contributed by atoms with E-state index in [-0.39, 0.29) is 34.4 Å². The highest BCUT2D eigenvalue weighted by atomic mass is 127. The molecule has 0 bridgehead atoms. The van der Waals surface area contributed by atoms with Crippen molar-refractivity contribution in [3.05, 3.63) is 78.6 Å². The Morgan fingerprint density at radius 3 is 1.79 bits per heavy atom. The maximum atomic E-state index is 14.5. The van der Waals surface area contributed by atoms with Gasteiger partial charge in [-0.3, -0.25) is 29.2 Å². The molecule has 296 valence electrons. The number of phenolic OH excluding ortho intramolecular Hbond substituents is 1. The molecule has 0 unspecified atom stereocenters. The van der Waals surface area contributed by atoms with Gasteiger partial charge in [0.2, 0.25) is 0 Å². The summed E-state index contributed by atoms with van der Waals surface area (Å²) in [6.07, 6.45) is -8.27. The van der Waals surface area contributed by atoms with Gasteiger partial charge in [-0.05, 0) is 83.3 Å². The highest BCUT2D eigenvalue weighted by Gasteiger charge is 2.63. The van der Waals surface area contributed by atoms with Crippen LogP contribution in [-0.4, -0.2) is 69.9 Å². The fourth-order valence-corrected chi connectivity index (χ4v) is 9.35. The third-order valence-electron chi connectivity index (χ3n) is 10.7. The normalized spacial score (nSPS) is 24.9. The molecule has 0 radical (unpaired) electrons. The third kappa shape index (κ3) is 6.29. The van der Waals surface area contributed by atoms with Crippen molar-refractivity contribution in [1.29, 1.82) is 0 Å². The second-order valence-electron chi connectivity index (χ2n) is 13.6. The lowest BCUT2D eigenvalue weighted by Crippen LogP contribution is -2.46. The molecule has 2 saturated heterocycles. The number of pyridine rings is 2. The minimum Gasteiger partial charge on any atom is -0.504 e. The number of phenols is 1. The van der Waals surface area contributed by atoms with Crippen molar-refractivity contribution in [2.24, 2.45) is 29.6 Å². The molecule has 6 atom stereocenters. The molecule has 1 aromatic carbocycles. The number of allylic oxidation sites excluding steroid dienone is 2. The number of fused-ring (bicyclic) bond motifs is 4. The molecular weight excluding hydrogens is 912 g/mol. The Labute approximate surface area is 337 Å². The van der Waals surface area contributed by atoms with E-state index in [0.29, 0.717) is 36.9 Å². The molecule has 1 saturated carbocycles. The summed E-state index contributed by atoms with van der Waals surface area (Å²) in [5.74, 6) is -10.9. The summed E-state index contributed by atoms with van der Waals surface area (Å²) in [5.41, 5.74) is -1.76. The first-order chi connectivity index (χ1) is 26.2. The number of imide groups is 2. The van der Waals surface area contributed by atoms with Gasteiger partial charge in [-0.1, -0.05) is 34.9 Å². The molecule has 2 aromatic heterocycles. The molecule has 3 fully saturated rings. The van der Waals surface area contributed by atoms with Gasteiger partial charge in [0.25, 0.3) is 23.6 Å². The summed E-state index contributed by atoms with van der Waals surface area (Å²) < 4.78 is 87.5. The van der Waals surface area contributed by atoms with Crippen LogP contribution < -0.4 is 14.8 Å². The minimum atomic E-state index is -4.89. The van der Waals surface area contributed by atoms with E-state index in [1.54, 1.807) is 12.1 Å². The number of rotatable bonds is 6. The van der Waals surface area contributed by atoms with Gasteiger partial charge >= 0.3 is 12.4 Å². The third-order valence-corrected chi connectivity index (χ3v) is 12.1. The number of hydrogen-bond acceptors (Lipinski definition) is 10. The molecule has 12 nitrogen and oxygen atoms in total. The second-order valence-corrected chi connectivity index (χ2v) is 15.6. The van der Waals surface area contributed by atoms with Gasteiger partial charge in [-0.25, -0.2) is 9.97 Å². The topological polar surface area (TPSA) is 136 Å².